The lowest BCUT2D eigenvalue weighted by molar-refractivity contribution is 0.0954. The Hall–Kier alpha value is -3.88. The zero-order valence-corrected chi connectivity index (χ0v) is 14.9. The predicted octanol–water partition coefficient (Wildman–Crippen LogP) is 2.19. The SMILES string of the molecule is O=C(NCCNc1ccc(Nc2ccncc2)nn1)c1ccc2c(c1)OCO2. The van der Waals surface area contributed by atoms with Crippen molar-refractivity contribution in [2.75, 3.05) is 30.5 Å². The highest BCUT2D eigenvalue weighted by Gasteiger charge is 2.15. The lowest BCUT2D eigenvalue weighted by atomic mass is 10.2. The monoisotopic (exact) mass is 378 g/mol. The van der Waals surface area contributed by atoms with Crippen molar-refractivity contribution in [2.24, 2.45) is 0 Å². The molecule has 1 amide bonds. The maximum atomic E-state index is 12.2. The van der Waals surface area contributed by atoms with E-state index in [4.69, 9.17) is 9.47 Å². The molecule has 28 heavy (non-hydrogen) atoms. The fourth-order valence-electron chi connectivity index (χ4n) is 2.58. The average molecular weight is 378 g/mol. The van der Waals surface area contributed by atoms with E-state index < -0.39 is 0 Å². The van der Waals surface area contributed by atoms with E-state index in [1.54, 1.807) is 30.6 Å². The van der Waals surface area contributed by atoms with E-state index in [1.807, 2.05) is 24.3 Å². The third-order valence-electron chi connectivity index (χ3n) is 3.97. The highest BCUT2D eigenvalue weighted by molar-refractivity contribution is 5.94. The van der Waals surface area contributed by atoms with E-state index in [0.29, 0.717) is 41.8 Å². The summed E-state index contributed by atoms with van der Waals surface area (Å²) >= 11 is 0. The molecule has 0 atom stereocenters. The summed E-state index contributed by atoms with van der Waals surface area (Å²) in [6.07, 6.45) is 3.40. The standard InChI is InChI=1S/C19H18N6O3/c26-19(13-1-2-15-16(11-13)28-12-27-15)22-10-9-21-17-3-4-18(25-24-17)23-14-5-7-20-8-6-14/h1-8,11H,9-10,12H2,(H,21,24)(H,22,26)(H,20,23,25). The molecule has 0 spiro atoms. The van der Waals surface area contributed by atoms with Crippen LogP contribution in [-0.4, -0.2) is 41.0 Å². The van der Waals surface area contributed by atoms with Gasteiger partial charge in [0, 0.05) is 36.7 Å². The molecule has 2 aromatic heterocycles. The highest BCUT2D eigenvalue weighted by Crippen LogP contribution is 2.32. The van der Waals surface area contributed by atoms with Crippen molar-refractivity contribution in [3.8, 4) is 11.5 Å². The Morgan fingerprint density at radius 2 is 1.71 bits per heavy atom. The minimum atomic E-state index is -0.178. The molecule has 3 aromatic rings. The van der Waals surface area contributed by atoms with E-state index in [1.165, 1.54) is 0 Å². The van der Waals surface area contributed by atoms with Gasteiger partial charge in [-0.05, 0) is 42.5 Å². The first-order chi connectivity index (χ1) is 13.8. The summed E-state index contributed by atoms with van der Waals surface area (Å²) in [6, 6.07) is 12.4. The number of carbonyl (C=O) groups excluding carboxylic acids is 1. The summed E-state index contributed by atoms with van der Waals surface area (Å²) in [4.78, 5) is 16.2. The van der Waals surface area contributed by atoms with Crippen LogP contribution in [0, 0.1) is 0 Å². The summed E-state index contributed by atoms with van der Waals surface area (Å²) in [5.74, 6) is 2.31. The van der Waals surface area contributed by atoms with Crippen LogP contribution < -0.4 is 25.4 Å². The van der Waals surface area contributed by atoms with Gasteiger partial charge in [0.05, 0.1) is 0 Å². The van der Waals surface area contributed by atoms with E-state index in [2.05, 4.69) is 31.1 Å². The quantitative estimate of drug-likeness (QED) is 0.537. The fraction of sp³-hybridized carbons (Fsp3) is 0.158. The Bertz CT molecular complexity index is 950. The molecule has 0 saturated heterocycles. The summed E-state index contributed by atoms with van der Waals surface area (Å²) < 4.78 is 10.5. The molecule has 9 nitrogen and oxygen atoms in total. The van der Waals surface area contributed by atoms with Gasteiger partial charge in [0.2, 0.25) is 6.79 Å². The van der Waals surface area contributed by atoms with E-state index in [-0.39, 0.29) is 12.7 Å². The molecule has 3 N–H and O–H groups in total. The van der Waals surface area contributed by atoms with Crippen molar-refractivity contribution < 1.29 is 14.3 Å². The maximum Gasteiger partial charge on any atom is 0.251 e. The van der Waals surface area contributed by atoms with Gasteiger partial charge < -0.3 is 25.4 Å². The van der Waals surface area contributed by atoms with Gasteiger partial charge in [-0.2, -0.15) is 0 Å². The smallest absolute Gasteiger partial charge is 0.251 e. The minimum Gasteiger partial charge on any atom is -0.454 e. The molecular formula is C19H18N6O3. The van der Waals surface area contributed by atoms with Crippen molar-refractivity contribution in [3.05, 3.63) is 60.4 Å². The second kappa shape index (κ2) is 8.21. The average Bonchev–Trinajstić information content (AvgIpc) is 3.21. The molecule has 3 heterocycles. The van der Waals surface area contributed by atoms with Crippen LogP contribution in [0.2, 0.25) is 0 Å². The van der Waals surface area contributed by atoms with Gasteiger partial charge in [-0.1, -0.05) is 0 Å². The third-order valence-corrected chi connectivity index (χ3v) is 3.97. The second-order valence-corrected chi connectivity index (χ2v) is 5.92. The molecule has 1 aliphatic rings. The molecule has 0 bridgehead atoms. The summed E-state index contributed by atoms with van der Waals surface area (Å²) in [7, 11) is 0. The first-order valence-electron chi connectivity index (χ1n) is 8.70. The molecule has 1 aromatic carbocycles. The summed E-state index contributed by atoms with van der Waals surface area (Å²) in [6.45, 7) is 1.14. The van der Waals surface area contributed by atoms with Crippen molar-refractivity contribution in [2.45, 2.75) is 0 Å². The first kappa shape index (κ1) is 17.5. The van der Waals surface area contributed by atoms with Gasteiger partial charge in [-0.3, -0.25) is 9.78 Å². The lowest BCUT2D eigenvalue weighted by Crippen LogP contribution is -2.28. The minimum absolute atomic E-state index is 0.178. The van der Waals surface area contributed by atoms with Crippen LogP contribution in [-0.2, 0) is 0 Å². The maximum absolute atomic E-state index is 12.2. The number of hydrogen-bond acceptors (Lipinski definition) is 8. The van der Waals surface area contributed by atoms with E-state index in [0.717, 1.165) is 5.69 Å². The van der Waals surface area contributed by atoms with Gasteiger partial charge in [0.1, 0.15) is 5.82 Å². The number of nitrogens with zero attached hydrogens (tertiary/aromatic N) is 3. The molecule has 4 rings (SSSR count). The van der Waals surface area contributed by atoms with Crippen LogP contribution in [0.15, 0.2) is 54.9 Å². The summed E-state index contributed by atoms with van der Waals surface area (Å²) in [5, 5.41) is 17.3. The zero-order chi connectivity index (χ0) is 19.2. The molecule has 0 radical (unpaired) electrons. The number of rotatable bonds is 7. The molecule has 0 unspecified atom stereocenters. The summed E-state index contributed by atoms with van der Waals surface area (Å²) in [5.41, 5.74) is 1.41. The molecule has 1 aliphatic heterocycles. The number of ether oxygens (including phenoxy) is 2. The molecule has 0 fully saturated rings. The van der Waals surface area contributed by atoms with Crippen molar-refractivity contribution in [3.63, 3.8) is 0 Å². The predicted molar refractivity (Wildman–Crippen MR) is 103 cm³/mol. The van der Waals surface area contributed by atoms with E-state index in [9.17, 15) is 4.79 Å². The number of aromatic nitrogens is 3. The zero-order valence-electron chi connectivity index (χ0n) is 14.9. The Kier molecular flexibility index (Phi) is 5.14. The van der Waals surface area contributed by atoms with Gasteiger partial charge in [0.15, 0.2) is 17.3 Å². The Balaban J connectivity index is 1.22. The Morgan fingerprint density at radius 3 is 2.54 bits per heavy atom. The number of pyridine rings is 1. The van der Waals surface area contributed by atoms with Gasteiger partial charge in [0.25, 0.3) is 5.91 Å². The number of benzene rings is 1. The van der Waals surface area contributed by atoms with Crippen LogP contribution in [0.25, 0.3) is 0 Å². The second-order valence-electron chi connectivity index (χ2n) is 5.92. The van der Waals surface area contributed by atoms with Crippen molar-refractivity contribution in [1.29, 1.82) is 0 Å². The van der Waals surface area contributed by atoms with Crippen LogP contribution in [0.5, 0.6) is 11.5 Å². The number of amides is 1. The van der Waals surface area contributed by atoms with E-state index >= 15 is 0 Å². The number of carbonyl (C=O) groups is 1. The molecule has 0 saturated carbocycles. The van der Waals surface area contributed by atoms with Crippen molar-refractivity contribution >= 4 is 23.2 Å². The molecule has 0 aliphatic carbocycles. The normalized spacial score (nSPS) is 11.7. The largest absolute Gasteiger partial charge is 0.454 e. The van der Waals surface area contributed by atoms with Gasteiger partial charge in [-0.15, -0.1) is 10.2 Å². The molecule has 9 heteroatoms. The number of anilines is 3. The number of hydrogen-bond donors (Lipinski definition) is 3. The van der Waals surface area contributed by atoms with Crippen LogP contribution >= 0.6 is 0 Å². The first-order valence-corrected chi connectivity index (χ1v) is 8.70. The van der Waals surface area contributed by atoms with Crippen LogP contribution in [0.3, 0.4) is 0 Å². The van der Waals surface area contributed by atoms with Crippen molar-refractivity contribution in [1.82, 2.24) is 20.5 Å². The van der Waals surface area contributed by atoms with Crippen LogP contribution in [0.1, 0.15) is 10.4 Å². The number of fused-ring (bicyclic) bond motifs is 1. The van der Waals surface area contributed by atoms with Crippen LogP contribution in [0.4, 0.5) is 17.3 Å². The number of nitrogens with one attached hydrogen (secondary N) is 3. The Morgan fingerprint density at radius 1 is 0.929 bits per heavy atom. The topological polar surface area (TPSA) is 110 Å². The molecule has 142 valence electrons. The highest BCUT2D eigenvalue weighted by atomic mass is 16.7. The van der Waals surface area contributed by atoms with Gasteiger partial charge in [-0.25, -0.2) is 0 Å². The third kappa shape index (κ3) is 4.26. The fourth-order valence-corrected chi connectivity index (χ4v) is 2.58. The Labute approximate surface area is 161 Å². The van der Waals surface area contributed by atoms with Gasteiger partial charge >= 0.3 is 0 Å². The molecular weight excluding hydrogens is 360 g/mol. The lowest BCUT2D eigenvalue weighted by Gasteiger charge is -2.08.